The van der Waals surface area contributed by atoms with E-state index in [0.29, 0.717) is 22.1 Å². The fraction of sp³-hybridized carbons (Fsp3) is 0.0556. The van der Waals surface area contributed by atoms with Crippen LogP contribution in [0.5, 0.6) is 0 Å². The molecule has 7 heteroatoms. The van der Waals surface area contributed by atoms with Crippen LogP contribution in [-0.2, 0) is 0 Å². The smallest absolute Gasteiger partial charge is 0.158 e. The Morgan fingerprint density at radius 3 is 2.92 bits per heavy atom. The highest BCUT2D eigenvalue weighted by atomic mass is 35.5. The predicted molar refractivity (Wildman–Crippen MR) is 95.6 cm³/mol. The van der Waals surface area contributed by atoms with Crippen molar-refractivity contribution in [3.05, 3.63) is 71.5 Å². The number of nitrogens with one attached hydrogen (secondary N) is 1. The first-order valence-corrected chi connectivity index (χ1v) is 7.97. The van der Waals surface area contributed by atoms with Gasteiger partial charge in [-0.1, -0.05) is 11.6 Å². The molecule has 0 unspecified atom stereocenters. The van der Waals surface area contributed by atoms with E-state index >= 15 is 0 Å². The molecule has 0 aliphatic carbocycles. The Kier molecular flexibility index (Phi) is 3.82. The summed E-state index contributed by atoms with van der Waals surface area (Å²) in [4.78, 5) is 8.62. The van der Waals surface area contributed by atoms with Gasteiger partial charge < -0.3 is 5.32 Å². The Balaban J connectivity index is 1.80. The van der Waals surface area contributed by atoms with Gasteiger partial charge in [0.1, 0.15) is 17.7 Å². The molecule has 0 saturated heterocycles. The van der Waals surface area contributed by atoms with E-state index < -0.39 is 0 Å². The van der Waals surface area contributed by atoms with Gasteiger partial charge in [0, 0.05) is 28.7 Å². The molecule has 0 aliphatic rings. The second-order valence-electron chi connectivity index (χ2n) is 5.53. The summed E-state index contributed by atoms with van der Waals surface area (Å²) in [6, 6.07) is 10.1. The number of benzene rings is 1. The molecule has 0 aliphatic heterocycles. The number of rotatable bonds is 3. The molecule has 0 fully saturated rings. The van der Waals surface area contributed by atoms with Gasteiger partial charge in [-0.05, 0) is 48.9 Å². The van der Waals surface area contributed by atoms with E-state index in [0.717, 1.165) is 16.8 Å². The number of halogens is 2. The number of nitrogens with zero attached hydrogens (tertiary/aromatic N) is 4. The molecule has 0 bridgehead atoms. The fourth-order valence-corrected chi connectivity index (χ4v) is 2.88. The molecule has 1 aromatic carbocycles. The molecule has 5 nitrogen and oxygen atoms in total. The molecule has 0 amide bonds. The Morgan fingerprint density at radius 2 is 2.04 bits per heavy atom. The summed E-state index contributed by atoms with van der Waals surface area (Å²) in [7, 11) is 0. The van der Waals surface area contributed by atoms with Crippen LogP contribution in [0.4, 0.5) is 15.9 Å². The first-order valence-electron chi connectivity index (χ1n) is 7.60. The Bertz CT molecular complexity index is 1080. The first kappa shape index (κ1) is 15.5. The van der Waals surface area contributed by atoms with Gasteiger partial charge in [-0.2, -0.15) is 5.10 Å². The number of pyridine rings is 1. The van der Waals surface area contributed by atoms with Crippen molar-refractivity contribution < 1.29 is 4.39 Å². The fourth-order valence-electron chi connectivity index (χ4n) is 2.71. The molecule has 0 radical (unpaired) electrons. The van der Waals surface area contributed by atoms with Crippen LogP contribution < -0.4 is 5.32 Å². The van der Waals surface area contributed by atoms with Gasteiger partial charge in [-0.3, -0.25) is 4.98 Å². The maximum absolute atomic E-state index is 14.2. The van der Waals surface area contributed by atoms with Gasteiger partial charge in [0.15, 0.2) is 5.82 Å². The molecule has 3 aromatic heterocycles. The molecule has 4 rings (SSSR count). The van der Waals surface area contributed by atoms with Crippen LogP contribution in [0.3, 0.4) is 0 Å². The first-order chi connectivity index (χ1) is 12.1. The third-order valence-electron chi connectivity index (χ3n) is 3.97. The van der Waals surface area contributed by atoms with Crippen LogP contribution in [0.15, 0.2) is 55.1 Å². The van der Waals surface area contributed by atoms with Crippen molar-refractivity contribution in [3.8, 4) is 11.3 Å². The van der Waals surface area contributed by atoms with E-state index in [4.69, 9.17) is 11.6 Å². The van der Waals surface area contributed by atoms with Crippen molar-refractivity contribution in [1.82, 2.24) is 19.6 Å². The highest BCUT2D eigenvalue weighted by molar-refractivity contribution is 6.30. The van der Waals surface area contributed by atoms with Crippen molar-refractivity contribution in [2.45, 2.75) is 6.92 Å². The number of aromatic nitrogens is 4. The van der Waals surface area contributed by atoms with Crippen LogP contribution in [0.1, 0.15) is 5.56 Å². The maximum atomic E-state index is 14.2. The lowest BCUT2D eigenvalue weighted by atomic mass is 10.0. The summed E-state index contributed by atoms with van der Waals surface area (Å²) in [6.45, 7) is 1.88. The summed E-state index contributed by atoms with van der Waals surface area (Å²) in [6.07, 6.45) is 4.94. The number of anilines is 2. The van der Waals surface area contributed by atoms with Crippen LogP contribution >= 0.6 is 11.6 Å². The van der Waals surface area contributed by atoms with E-state index in [1.165, 1.54) is 18.5 Å². The van der Waals surface area contributed by atoms with Gasteiger partial charge in [-0.25, -0.2) is 13.9 Å². The zero-order valence-corrected chi connectivity index (χ0v) is 14.0. The van der Waals surface area contributed by atoms with E-state index in [-0.39, 0.29) is 5.82 Å². The summed E-state index contributed by atoms with van der Waals surface area (Å²) < 4.78 is 15.9. The minimum Gasteiger partial charge on any atom is -0.338 e. The second kappa shape index (κ2) is 6.14. The van der Waals surface area contributed by atoms with Gasteiger partial charge in [0.25, 0.3) is 0 Å². The van der Waals surface area contributed by atoms with E-state index in [1.807, 2.05) is 31.3 Å². The van der Waals surface area contributed by atoms with Crippen molar-refractivity contribution in [2.24, 2.45) is 0 Å². The lowest BCUT2D eigenvalue weighted by molar-refractivity contribution is 0.630. The van der Waals surface area contributed by atoms with Crippen LogP contribution in [-0.4, -0.2) is 19.6 Å². The second-order valence-corrected chi connectivity index (χ2v) is 5.96. The standard InChI is InChI=1S/C18H13ClFN5/c1-11-15(24-18-16-3-2-8-25(16)23-10-22-18)6-7-21-17(11)13-9-12(19)4-5-14(13)20/h2-10H,1H3,(H,21,22,23,24). The van der Waals surface area contributed by atoms with E-state index in [9.17, 15) is 4.39 Å². The zero-order valence-electron chi connectivity index (χ0n) is 13.2. The molecular formula is C18H13ClFN5. The number of hydrogen-bond acceptors (Lipinski definition) is 4. The van der Waals surface area contributed by atoms with Crippen molar-refractivity contribution in [3.63, 3.8) is 0 Å². The normalized spacial score (nSPS) is 11.0. The predicted octanol–water partition coefficient (Wildman–Crippen LogP) is 4.64. The van der Waals surface area contributed by atoms with E-state index in [2.05, 4.69) is 20.4 Å². The zero-order chi connectivity index (χ0) is 17.4. The average Bonchev–Trinajstić information content (AvgIpc) is 3.09. The molecule has 0 atom stereocenters. The van der Waals surface area contributed by atoms with Gasteiger partial charge in [-0.15, -0.1) is 0 Å². The van der Waals surface area contributed by atoms with Crippen molar-refractivity contribution in [1.29, 1.82) is 0 Å². The summed E-state index contributed by atoms with van der Waals surface area (Å²) >= 11 is 6.01. The number of hydrogen-bond donors (Lipinski definition) is 1. The van der Waals surface area contributed by atoms with Crippen molar-refractivity contribution >= 4 is 28.6 Å². The van der Waals surface area contributed by atoms with Gasteiger partial charge in [0.05, 0.1) is 5.69 Å². The Labute approximate surface area is 148 Å². The molecule has 124 valence electrons. The summed E-state index contributed by atoms with van der Waals surface area (Å²) in [5.74, 6) is 0.292. The monoisotopic (exact) mass is 353 g/mol. The van der Waals surface area contributed by atoms with E-state index in [1.54, 1.807) is 16.8 Å². The molecule has 3 heterocycles. The van der Waals surface area contributed by atoms with Crippen LogP contribution in [0, 0.1) is 12.7 Å². The molecular weight excluding hydrogens is 341 g/mol. The Morgan fingerprint density at radius 1 is 1.16 bits per heavy atom. The molecule has 1 N–H and O–H groups in total. The quantitative estimate of drug-likeness (QED) is 0.583. The van der Waals surface area contributed by atoms with Crippen molar-refractivity contribution in [2.75, 3.05) is 5.32 Å². The third-order valence-corrected chi connectivity index (χ3v) is 4.21. The molecule has 25 heavy (non-hydrogen) atoms. The number of fused-ring (bicyclic) bond motifs is 1. The van der Waals surface area contributed by atoms with Gasteiger partial charge >= 0.3 is 0 Å². The average molecular weight is 354 g/mol. The van der Waals surface area contributed by atoms with Crippen LogP contribution in [0.2, 0.25) is 5.02 Å². The topological polar surface area (TPSA) is 55.1 Å². The third kappa shape index (κ3) is 2.81. The SMILES string of the molecule is Cc1c(Nc2ncnn3cccc23)ccnc1-c1cc(Cl)ccc1F. The lowest BCUT2D eigenvalue weighted by Crippen LogP contribution is -2.02. The lowest BCUT2D eigenvalue weighted by Gasteiger charge is -2.13. The molecule has 4 aromatic rings. The van der Waals surface area contributed by atoms with Gasteiger partial charge in [0.2, 0.25) is 0 Å². The minimum atomic E-state index is -0.367. The summed E-state index contributed by atoms with van der Waals surface area (Å²) in [5.41, 5.74) is 3.32. The largest absolute Gasteiger partial charge is 0.338 e. The maximum Gasteiger partial charge on any atom is 0.158 e. The highest BCUT2D eigenvalue weighted by Crippen LogP contribution is 2.31. The molecule has 0 saturated carbocycles. The summed E-state index contributed by atoms with van der Waals surface area (Å²) in [5, 5.41) is 7.88. The Hall–Kier alpha value is -2.99. The highest BCUT2D eigenvalue weighted by Gasteiger charge is 2.14. The minimum absolute atomic E-state index is 0.365. The van der Waals surface area contributed by atoms with Crippen LogP contribution in [0.25, 0.3) is 16.8 Å². The molecule has 0 spiro atoms.